The van der Waals surface area contributed by atoms with E-state index < -0.39 is 0 Å². The van der Waals surface area contributed by atoms with Crippen molar-refractivity contribution in [3.63, 3.8) is 0 Å². The van der Waals surface area contributed by atoms with Crippen molar-refractivity contribution in [1.29, 1.82) is 0 Å². The summed E-state index contributed by atoms with van der Waals surface area (Å²) < 4.78 is 0. The second-order valence-electron chi connectivity index (χ2n) is 8.31. The van der Waals surface area contributed by atoms with E-state index in [1.807, 2.05) is 80.5 Å². The van der Waals surface area contributed by atoms with Gasteiger partial charge >= 0.3 is 0 Å². The lowest BCUT2D eigenvalue weighted by molar-refractivity contribution is -0.126. The van der Waals surface area contributed by atoms with E-state index in [-0.39, 0.29) is 5.91 Å². The molecule has 3 rings (SSSR count). The van der Waals surface area contributed by atoms with Crippen LogP contribution >= 0.6 is 11.6 Å². The fourth-order valence-corrected chi connectivity index (χ4v) is 3.52. The Hall–Kier alpha value is -3.15. The highest BCUT2D eigenvalue weighted by molar-refractivity contribution is 6.30. The molecule has 0 saturated heterocycles. The highest BCUT2D eigenvalue weighted by atomic mass is 35.5. The molecule has 0 aliphatic heterocycles. The summed E-state index contributed by atoms with van der Waals surface area (Å²) in [5, 5.41) is 4.07. The number of aromatic nitrogens is 1. The van der Waals surface area contributed by atoms with Crippen molar-refractivity contribution >= 4 is 35.0 Å². The van der Waals surface area contributed by atoms with Crippen molar-refractivity contribution < 1.29 is 4.79 Å². The first-order valence-electron chi connectivity index (χ1n) is 11.0. The molecule has 1 N–H and O–H groups in total. The molecule has 0 bridgehead atoms. The third kappa shape index (κ3) is 8.37. The van der Waals surface area contributed by atoms with Gasteiger partial charge in [0.15, 0.2) is 0 Å². The maximum Gasteiger partial charge on any atom is 0.246 e. The lowest BCUT2D eigenvalue weighted by Crippen LogP contribution is -2.31. The SMILES string of the molecule is Cc1cc(Nc2ccc(CN(CCCN(C)C)C(=O)/C=C/c3ccc(Cl)cc3)cc2)ccn1. The number of anilines is 2. The Balaban J connectivity index is 1.66. The van der Waals surface area contributed by atoms with Crippen molar-refractivity contribution in [3.8, 4) is 0 Å². The topological polar surface area (TPSA) is 48.5 Å². The molecule has 0 saturated carbocycles. The number of amides is 1. The van der Waals surface area contributed by atoms with Crippen LogP contribution in [0.2, 0.25) is 5.02 Å². The third-order valence-electron chi connectivity index (χ3n) is 5.15. The number of pyridine rings is 1. The number of nitrogens with zero attached hydrogens (tertiary/aromatic N) is 3. The molecule has 0 atom stereocenters. The van der Waals surface area contributed by atoms with Gasteiger partial charge in [-0.15, -0.1) is 0 Å². The van der Waals surface area contributed by atoms with Crippen LogP contribution in [-0.4, -0.2) is 47.9 Å². The number of rotatable bonds is 10. The van der Waals surface area contributed by atoms with Crippen LogP contribution in [0, 0.1) is 6.92 Å². The van der Waals surface area contributed by atoms with Crippen molar-refractivity contribution in [1.82, 2.24) is 14.8 Å². The van der Waals surface area contributed by atoms with Gasteiger partial charge in [-0.25, -0.2) is 0 Å². The van der Waals surface area contributed by atoms with Crippen LogP contribution in [0.5, 0.6) is 0 Å². The number of hydrogen-bond donors (Lipinski definition) is 1. The summed E-state index contributed by atoms with van der Waals surface area (Å²) in [5.41, 5.74) is 5.00. The van der Waals surface area contributed by atoms with E-state index in [4.69, 9.17) is 11.6 Å². The molecular formula is C27H31ClN4O. The van der Waals surface area contributed by atoms with E-state index in [0.717, 1.165) is 41.2 Å². The predicted octanol–water partition coefficient (Wildman–Crippen LogP) is 5.78. The minimum absolute atomic E-state index is 0.00170. The van der Waals surface area contributed by atoms with E-state index in [1.165, 1.54) is 0 Å². The molecule has 0 fully saturated rings. The van der Waals surface area contributed by atoms with Crippen molar-refractivity contribution in [2.75, 3.05) is 32.5 Å². The van der Waals surface area contributed by atoms with E-state index in [0.29, 0.717) is 18.1 Å². The molecule has 172 valence electrons. The summed E-state index contributed by atoms with van der Waals surface area (Å²) in [6.07, 6.45) is 6.18. The van der Waals surface area contributed by atoms with Crippen molar-refractivity contribution in [2.45, 2.75) is 19.9 Å². The molecule has 1 heterocycles. The van der Waals surface area contributed by atoms with Gasteiger partial charge in [0.25, 0.3) is 0 Å². The Morgan fingerprint density at radius 2 is 1.73 bits per heavy atom. The summed E-state index contributed by atoms with van der Waals surface area (Å²) in [6, 6.07) is 19.6. The lowest BCUT2D eigenvalue weighted by atomic mass is 10.1. The van der Waals surface area contributed by atoms with Crippen LogP contribution in [0.15, 0.2) is 72.9 Å². The van der Waals surface area contributed by atoms with E-state index in [1.54, 1.807) is 12.3 Å². The van der Waals surface area contributed by atoms with Gasteiger partial charge in [-0.1, -0.05) is 35.9 Å². The number of benzene rings is 2. The van der Waals surface area contributed by atoms with Crippen LogP contribution in [0.4, 0.5) is 11.4 Å². The summed E-state index contributed by atoms with van der Waals surface area (Å²) in [6.45, 7) is 4.15. The molecule has 33 heavy (non-hydrogen) atoms. The van der Waals surface area contributed by atoms with Crippen molar-refractivity contribution in [3.05, 3.63) is 94.8 Å². The summed E-state index contributed by atoms with van der Waals surface area (Å²) in [4.78, 5) is 21.2. The first-order chi connectivity index (χ1) is 15.9. The minimum atomic E-state index is -0.00170. The molecular weight excluding hydrogens is 432 g/mol. The predicted molar refractivity (Wildman–Crippen MR) is 138 cm³/mol. The fraction of sp³-hybridized carbons (Fsp3) is 0.259. The molecule has 3 aromatic rings. The number of halogens is 1. The van der Waals surface area contributed by atoms with E-state index >= 15 is 0 Å². The van der Waals surface area contributed by atoms with Crippen LogP contribution in [0.3, 0.4) is 0 Å². The summed E-state index contributed by atoms with van der Waals surface area (Å²) in [5.74, 6) is -0.00170. The zero-order valence-electron chi connectivity index (χ0n) is 19.5. The van der Waals surface area contributed by atoms with Crippen LogP contribution in [-0.2, 0) is 11.3 Å². The van der Waals surface area contributed by atoms with Gasteiger partial charge in [-0.2, -0.15) is 0 Å². The Bertz CT molecular complexity index is 1060. The number of carbonyl (C=O) groups excluding carboxylic acids is 1. The normalized spacial score (nSPS) is 11.2. The van der Waals surface area contributed by atoms with Gasteiger partial charge in [0.05, 0.1) is 0 Å². The number of nitrogens with one attached hydrogen (secondary N) is 1. The molecule has 1 aromatic heterocycles. The fourth-order valence-electron chi connectivity index (χ4n) is 3.40. The first-order valence-corrected chi connectivity index (χ1v) is 11.4. The Labute approximate surface area is 201 Å². The molecule has 0 aliphatic carbocycles. The Morgan fingerprint density at radius 1 is 1.00 bits per heavy atom. The maximum atomic E-state index is 13.0. The monoisotopic (exact) mass is 462 g/mol. The average molecular weight is 463 g/mol. The summed E-state index contributed by atoms with van der Waals surface area (Å²) in [7, 11) is 4.09. The van der Waals surface area contributed by atoms with Gasteiger partial charge in [-0.3, -0.25) is 9.78 Å². The molecule has 0 aliphatic rings. The standard InChI is InChI=1S/C27H31ClN4O/c1-21-19-26(15-16-29-21)30-25-12-7-23(8-13-25)20-32(18-4-17-31(2)3)27(33)14-9-22-5-10-24(28)11-6-22/h5-16,19H,4,17-18,20H2,1-3H3,(H,29,30)/b14-9+. The molecule has 1 amide bonds. The first kappa shape index (κ1) is 24.5. The number of hydrogen-bond acceptors (Lipinski definition) is 4. The van der Waals surface area contributed by atoms with Gasteiger partial charge in [0, 0.05) is 47.5 Å². The van der Waals surface area contributed by atoms with Gasteiger partial charge in [-0.05, 0) is 87.6 Å². The molecule has 0 spiro atoms. The largest absolute Gasteiger partial charge is 0.355 e. The van der Waals surface area contributed by atoms with Crippen LogP contribution in [0.25, 0.3) is 6.08 Å². The van der Waals surface area contributed by atoms with Gasteiger partial charge in [0.2, 0.25) is 5.91 Å². The highest BCUT2D eigenvalue weighted by Gasteiger charge is 2.12. The lowest BCUT2D eigenvalue weighted by Gasteiger charge is -2.22. The zero-order chi connectivity index (χ0) is 23.6. The Kier molecular flexibility index (Phi) is 9.04. The molecule has 0 radical (unpaired) electrons. The summed E-state index contributed by atoms with van der Waals surface area (Å²) >= 11 is 5.95. The molecule has 6 heteroatoms. The van der Waals surface area contributed by atoms with Crippen molar-refractivity contribution in [2.24, 2.45) is 0 Å². The second kappa shape index (κ2) is 12.2. The molecule has 5 nitrogen and oxygen atoms in total. The van der Waals surface area contributed by atoms with E-state index in [2.05, 4.69) is 27.3 Å². The Morgan fingerprint density at radius 3 is 2.39 bits per heavy atom. The molecule has 2 aromatic carbocycles. The number of aryl methyl sites for hydroxylation is 1. The maximum absolute atomic E-state index is 13.0. The number of carbonyl (C=O) groups is 1. The highest BCUT2D eigenvalue weighted by Crippen LogP contribution is 2.18. The smallest absolute Gasteiger partial charge is 0.246 e. The second-order valence-corrected chi connectivity index (χ2v) is 8.75. The minimum Gasteiger partial charge on any atom is -0.355 e. The zero-order valence-corrected chi connectivity index (χ0v) is 20.2. The third-order valence-corrected chi connectivity index (χ3v) is 5.40. The molecule has 0 unspecified atom stereocenters. The van der Waals surface area contributed by atoms with Gasteiger partial charge in [0.1, 0.15) is 0 Å². The van der Waals surface area contributed by atoms with Crippen LogP contribution < -0.4 is 5.32 Å². The average Bonchev–Trinajstić information content (AvgIpc) is 2.79. The quantitative estimate of drug-likeness (QED) is 0.388. The van der Waals surface area contributed by atoms with Crippen LogP contribution in [0.1, 0.15) is 23.2 Å². The van der Waals surface area contributed by atoms with Gasteiger partial charge < -0.3 is 15.1 Å². The van der Waals surface area contributed by atoms with E-state index in [9.17, 15) is 4.79 Å².